The van der Waals surface area contributed by atoms with Gasteiger partial charge in [0.15, 0.2) is 9.84 Å². The van der Waals surface area contributed by atoms with Crippen LogP contribution >= 0.6 is 0 Å². The van der Waals surface area contributed by atoms with Gasteiger partial charge in [0.25, 0.3) is 0 Å². The van der Waals surface area contributed by atoms with Gasteiger partial charge in [-0.15, -0.1) is 0 Å². The Morgan fingerprint density at radius 3 is 2.80 bits per heavy atom. The minimum atomic E-state index is -3.04. The highest BCUT2D eigenvalue weighted by molar-refractivity contribution is 7.89. The number of anilines is 1. The first kappa shape index (κ1) is 13.4. The van der Waals surface area contributed by atoms with Crippen LogP contribution in [-0.4, -0.2) is 45.2 Å². The van der Waals surface area contributed by atoms with Crippen molar-refractivity contribution >= 4 is 21.6 Å². The van der Waals surface area contributed by atoms with Gasteiger partial charge in [0.2, 0.25) is 5.91 Å². The Kier molecular flexibility index (Phi) is 3.16. The molecule has 6 nitrogen and oxygen atoms in total. The zero-order chi connectivity index (χ0) is 14.3. The number of sulfone groups is 1. The molecular formula is C13H17N3O3S. The van der Waals surface area contributed by atoms with E-state index >= 15 is 0 Å². The van der Waals surface area contributed by atoms with Crippen molar-refractivity contribution in [1.29, 1.82) is 0 Å². The first-order valence-electron chi connectivity index (χ1n) is 6.58. The number of carbonyl (C=O) groups excluding carboxylic acids is 1. The molecule has 0 unspecified atom stereocenters. The third kappa shape index (κ3) is 2.63. The topological polar surface area (TPSA) is 79.4 Å². The lowest BCUT2D eigenvalue weighted by Crippen LogP contribution is -2.29. The molecule has 2 aliphatic heterocycles. The van der Waals surface area contributed by atoms with Crippen LogP contribution in [0.1, 0.15) is 5.56 Å². The lowest BCUT2D eigenvalue weighted by atomic mass is 10.0. The second kappa shape index (κ2) is 4.73. The molecule has 0 radical (unpaired) electrons. The molecule has 1 amide bonds. The Labute approximate surface area is 118 Å². The zero-order valence-corrected chi connectivity index (χ0v) is 12.1. The predicted molar refractivity (Wildman–Crippen MR) is 75.0 cm³/mol. The summed E-state index contributed by atoms with van der Waals surface area (Å²) in [5.74, 6) is 1.37. The van der Waals surface area contributed by atoms with Crippen LogP contribution in [0.5, 0.6) is 0 Å². The Bertz CT molecular complexity index is 627. The van der Waals surface area contributed by atoms with E-state index in [1.54, 1.807) is 12.3 Å². The quantitative estimate of drug-likeness (QED) is 0.836. The van der Waals surface area contributed by atoms with Crippen molar-refractivity contribution in [2.24, 2.45) is 11.8 Å². The molecule has 1 N–H and O–H groups in total. The number of hydrogen-bond donors (Lipinski definition) is 1. The van der Waals surface area contributed by atoms with Crippen molar-refractivity contribution in [3.05, 3.63) is 23.9 Å². The van der Waals surface area contributed by atoms with E-state index in [0.29, 0.717) is 18.0 Å². The number of rotatable bonds is 3. The monoisotopic (exact) mass is 295 g/mol. The van der Waals surface area contributed by atoms with Crippen LogP contribution in [0.2, 0.25) is 0 Å². The summed E-state index contributed by atoms with van der Waals surface area (Å²) in [7, 11) is -3.04. The third-order valence-corrected chi connectivity index (χ3v) is 4.74. The number of pyridine rings is 1. The fraction of sp³-hybridized carbons (Fsp3) is 0.538. The standard InChI is InChI=1S/C13H17N3O3S/c1-20(18,19)8-9-2-3-12(14-4-9)16-6-10-5-15-13(17)11(10)7-16/h2-4,10-11H,5-8H2,1H3,(H,15,17)/t10-,11+/m0/s1. The highest BCUT2D eigenvalue weighted by atomic mass is 32.2. The summed E-state index contributed by atoms with van der Waals surface area (Å²) < 4.78 is 22.5. The molecule has 0 bridgehead atoms. The molecule has 20 heavy (non-hydrogen) atoms. The van der Waals surface area contributed by atoms with Gasteiger partial charge in [-0.05, 0) is 11.6 Å². The van der Waals surface area contributed by atoms with Crippen molar-refractivity contribution in [2.75, 3.05) is 30.8 Å². The maximum atomic E-state index is 11.6. The summed E-state index contributed by atoms with van der Waals surface area (Å²) in [6, 6.07) is 3.62. The molecule has 3 heterocycles. The smallest absolute Gasteiger partial charge is 0.225 e. The lowest BCUT2D eigenvalue weighted by Gasteiger charge is -2.18. The summed E-state index contributed by atoms with van der Waals surface area (Å²) >= 11 is 0. The largest absolute Gasteiger partial charge is 0.355 e. The molecule has 0 aliphatic carbocycles. The predicted octanol–water partition coefficient (Wildman–Crippen LogP) is -0.192. The van der Waals surface area contributed by atoms with Crippen LogP contribution < -0.4 is 10.2 Å². The average Bonchev–Trinajstić information content (AvgIpc) is 2.91. The van der Waals surface area contributed by atoms with Crippen LogP contribution in [0, 0.1) is 11.8 Å². The van der Waals surface area contributed by atoms with Crippen molar-refractivity contribution in [3.63, 3.8) is 0 Å². The second-order valence-corrected chi connectivity index (χ2v) is 7.75. The second-order valence-electron chi connectivity index (χ2n) is 5.61. The van der Waals surface area contributed by atoms with Gasteiger partial charge < -0.3 is 10.2 Å². The molecule has 0 saturated carbocycles. The molecule has 0 aromatic carbocycles. The van der Waals surface area contributed by atoms with Crippen molar-refractivity contribution in [1.82, 2.24) is 10.3 Å². The Morgan fingerprint density at radius 2 is 2.20 bits per heavy atom. The van der Waals surface area contributed by atoms with Gasteiger partial charge in [0, 0.05) is 38.0 Å². The number of amides is 1. The van der Waals surface area contributed by atoms with E-state index in [9.17, 15) is 13.2 Å². The molecule has 0 spiro atoms. The number of carbonyl (C=O) groups is 1. The maximum Gasteiger partial charge on any atom is 0.225 e. The fourth-order valence-corrected chi connectivity index (χ4v) is 3.69. The Balaban J connectivity index is 1.71. The number of aromatic nitrogens is 1. The van der Waals surface area contributed by atoms with E-state index in [-0.39, 0.29) is 17.6 Å². The number of hydrogen-bond acceptors (Lipinski definition) is 5. The normalized spacial score (nSPS) is 25.6. The van der Waals surface area contributed by atoms with Crippen molar-refractivity contribution < 1.29 is 13.2 Å². The van der Waals surface area contributed by atoms with E-state index in [0.717, 1.165) is 18.9 Å². The highest BCUT2D eigenvalue weighted by Crippen LogP contribution is 2.30. The van der Waals surface area contributed by atoms with Crippen LogP contribution in [0.4, 0.5) is 5.82 Å². The van der Waals surface area contributed by atoms with E-state index in [1.807, 2.05) is 6.07 Å². The van der Waals surface area contributed by atoms with Gasteiger partial charge in [0.05, 0.1) is 11.7 Å². The third-order valence-electron chi connectivity index (χ3n) is 3.88. The molecule has 1 aromatic heterocycles. The summed E-state index contributed by atoms with van der Waals surface area (Å²) in [5.41, 5.74) is 0.688. The molecule has 2 fully saturated rings. The van der Waals surface area contributed by atoms with Crippen LogP contribution in [0.15, 0.2) is 18.3 Å². The minimum Gasteiger partial charge on any atom is -0.355 e. The van der Waals surface area contributed by atoms with Crippen LogP contribution in [0.25, 0.3) is 0 Å². The maximum absolute atomic E-state index is 11.6. The van der Waals surface area contributed by atoms with Gasteiger partial charge in [-0.2, -0.15) is 0 Å². The van der Waals surface area contributed by atoms with Gasteiger partial charge in [-0.1, -0.05) is 6.07 Å². The minimum absolute atomic E-state index is 0.00787. The number of nitrogens with zero attached hydrogens (tertiary/aromatic N) is 2. The first-order chi connectivity index (χ1) is 9.42. The zero-order valence-electron chi connectivity index (χ0n) is 11.2. The molecule has 108 valence electrons. The van der Waals surface area contributed by atoms with E-state index in [2.05, 4.69) is 15.2 Å². The van der Waals surface area contributed by atoms with Crippen LogP contribution in [-0.2, 0) is 20.4 Å². The Hall–Kier alpha value is -1.63. The highest BCUT2D eigenvalue weighted by Gasteiger charge is 2.42. The Morgan fingerprint density at radius 1 is 1.40 bits per heavy atom. The van der Waals surface area contributed by atoms with Gasteiger partial charge >= 0.3 is 0 Å². The summed E-state index contributed by atoms with van der Waals surface area (Å²) in [6.07, 6.45) is 2.81. The van der Waals surface area contributed by atoms with Crippen LogP contribution in [0.3, 0.4) is 0 Å². The molecule has 7 heteroatoms. The molecular weight excluding hydrogens is 278 g/mol. The molecule has 3 rings (SSSR count). The van der Waals surface area contributed by atoms with Gasteiger partial charge in [-0.3, -0.25) is 4.79 Å². The SMILES string of the molecule is CS(=O)(=O)Cc1ccc(N2C[C@@H]3CNC(=O)[C@@H]3C2)nc1. The summed E-state index contributed by atoms with van der Waals surface area (Å²) in [5, 5.41) is 2.88. The first-order valence-corrected chi connectivity index (χ1v) is 8.64. The summed E-state index contributed by atoms with van der Waals surface area (Å²) in [6.45, 7) is 2.25. The molecule has 2 atom stereocenters. The summed E-state index contributed by atoms with van der Waals surface area (Å²) in [4.78, 5) is 18.0. The number of fused-ring (bicyclic) bond motifs is 1. The van der Waals surface area contributed by atoms with E-state index in [4.69, 9.17) is 0 Å². The van der Waals surface area contributed by atoms with Gasteiger partial charge in [0.1, 0.15) is 5.82 Å². The van der Waals surface area contributed by atoms with Gasteiger partial charge in [-0.25, -0.2) is 13.4 Å². The van der Waals surface area contributed by atoms with E-state index in [1.165, 1.54) is 6.26 Å². The fourth-order valence-electron chi connectivity index (χ4n) is 2.92. The average molecular weight is 295 g/mol. The van der Waals surface area contributed by atoms with E-state index < -0.39 is 9.84 Å². The molecule has 1 aromatic rings. The molecule has 2 saturated heterocycles. The number of nitrogens with one attached hydrogen (secondary N) is 1. The van der Waals surface area contributed by atoms with Crippen molar-refractivity contribution in [3.8, 4) is 0 Å². The lowest BCUT2D eigenvalue weighted by molar-refractivity contribution is -0.122. The van der Waals surface area contributed by atoms with Crippen molar-refractivity contribution in [2.45, 2.75) is 5.75 Å². The molecule has 2 aliphatic rings.